The molecule has 3 aliphatic rings. The molecule has 6 atom stereocenters. The highest BCUT2D eigenvalue weighted by Gasteiger charge is 2.67. The first-order valence-corrected chi connectivity index (χ1v) is 14.3. The van der Waals surface area contributed by atoms with Gasteiger partial charge in [0, 0.05) is 32.9 Å². The summed E-state index contributed by atoms with van der Waals surface area (Å²) in [5.41, 5.74) is 2.74. The number of ketones is 2. The monoisotopic (exact) mass is 634 g/mol. The molecule has 1 aromatic rings. The minimum absolute atomic E-state index is 0.0140. The van der Waals surface area contributed by atoms with Crippen LogP contribution in [0.3, 0.4) is 0 Å². The first-order valence-electron chi connectivity index (χ1n) is 11.1. The van der Waals surface area contributed by atoms with Crippen molar-refractivity contribution in [3.8, 4) is 5.75 Å². The second-order valence-corrected chi connectivity index (χ2v) is 13.4. The molecule has 36 heavy (non-hydrogen) atoms. The molecule has 2 fully saturated rings. The molecule has 13 heteroatoms. The number of carbonyl (C=O) groups excluding carboxylic acids is 3. The lowest BCUT2D eigenvalue weighted by Gasteiger charge is -2.53. The zero-order valence-corrected chi connectivity index (χ0v) is 22.7. The van der Waals surface area contributed by atoms with Crippen molar-refractivity contribution in [2.24, 2.45) is 23.5 Å². The fraction of sp³-hybridized carbons (Fsp3) is 0.522. The van der Waals surface area contributed by atoms with Gasteiger partial charge in [0.2, 0.25) is 11.7 Å². The maximum absolute atomic E-state index is 13.8. The quantitative estimate of drug-likeness (QED) is 0.208. The molecule has 0 heterocycles. The Labute approximate surface area is 221 Å². The van der Waals surface area contributed by atoms with Gasteiger partial charge >= 0.3 is 0 Å². The number of sulfone groups is 1. The summed E-state index contributed by atoms with van der Waals surface area (Å²) in [5.74, 6) is -8.81. The van der Waals surface area contributed by atoms with Gasteiger partial charge in [-0.3, -0.25) is 14.4 Å². The van der Waals surface area contributed by atoms with E-state index in [1.807, 2.05) is 22.6 Å². The van der Waals surface area contributed by atoms with Gasteiger partial charge in [0.05, 0.1) is 17.4 Å². The number of aromatic hydroxyl groups is 1. The average Bonchev–Trinajstić information content (AvgIpc) is 2.72. The second-order valence-electron chi connectivity index (χ2n) is 10.1. The number of halogens is 1. The molecule has 196 valence electrons. The Morgan fingerprint density at radius 2 is 1.89 bits per heavy atom. The Kier molecular flexibility index (Phi) is 6.56. The highest BCUT2D eigenvalue weighted by molar-refractivity contribution is 14.1. The van der Waals surface area contributed by atoms with Crippen LogP contribution in [0.25, 0.3) is 5.76 Å². The van der Waals surface area contributed by atoms with Gasteiger partial charge in [-0.25, -0.2) is 8.42 Å². The summed E-state index contributed by atoms with van der Waals surface area (Å²) in [6.07, 6.45) is -0.393. The van der Waals surface area contributed by atoms with E-state index < -0.39 is 80.1 Å². The fourth-order valence-electron chi connectivity index (χ4n) is 6.07. The van der Waals surface area contributed by atoms with Crippen LogP contribution < -0.4 is 5.73 Å². The number of amides is 1. The van der Waals surface area contributed by atoms with Crippen LogP contribution in [0.15, 0.2) is 11.6 Å². The summed E-state index contributed by atoms with van der Waals surface area (Å²) in [7, 11) is -0.387. The summed E-state index contributed by atoms with van der Waals surface area (Å²) in [5, 5.41) is 44.5. The molecule has 1 aromatic carbocycles. The van der Waals surface area contributed by atoms with E-state index in [-0.39, 0.29) is 29.5 Å². The largest absolute Gasteiger partial charge is 0.507 e. The summed E-state index contributed by atoms with van der Waals surface area (Å²) in [6, 6.07) is 0.534. The molecule has 4 rings (SSSR count). The summed E-state index contributed by atoms with van der Waals surface area (Å²) in [4.78, 5) is 40.7. The second kappa shape index (κ2) is 8.75. The number of Topliss-reactive ketones (excluding diaryl/α,β-unsaturated/α-hetero) is 2. The molecule has 11 nitrogen and oxygen atoms in total. The fourth-order valence-corrected chi connectivity index (χ4v) is 7.72. The number of rotatable bonds is 4. The Morgan fingerprint density at radius 3 is 2.42 bits per heavy atom. The number of carbonyl (C=O) groups is 3. The molecule has 0 aliphatic heterocycles. The molecular weight excluding hydrogens is 607 g/mol. The predicted molar refractivity (Wildman–Crippen MR) is 135 cm³/mol. The smallest absolute Gasteiger partial charge is 0.230 e. The van der Waals surface area contributed by atoms with Crippen molar-refractivity contribution in [2.75, 3.05) is 20.4 Å². The maximum atomic E-state index is 13.8. The van der Waals surface area contributed by atoms with Crippen molar-refractivity contribution in [3.63, 3.8) is 0 Å². The van der Waals surface area contributed by atoms with Gasteiger partial charge in [-0.05, 0) is 67.1 Å². The molecule has 6 N–H and O–H groups in total. The molecule has 1 amide bonds. The van der Waals surface area contributed by atoms with Crippen LogP contribution in [0.4, 0.5) is 0 Å². The standard InChI is InChI=1S/C23H27IN2O9S/c1-26(2)16-11-5-8-4-10-12(24)6-9(7-36(3,34)35)17(27)14(10)18(28)13(8)20(30)23(11,33)21(31)15(19(16)29)22(25)32/h6,8,11,15-16,19,27-29,33H,4-5,7H2,1-3H3,(H2,25,32)/t8-,11-,15?,16-,19?,23-/m0/s1. The molecule has 0 spiro atoms. The van der Waals surface area contributed by atoms with Crippen LogP contribution in [0.1, 0.15) is 23.1 Å². The van der Waals surface area contributed by atoms with E-state index in [0.717, 1.165) is 6.26 Å². The van der Waals surface area contributed by atoms with Crippen molar-refractivity contribution < 1.29 is 43.2 Å². The van der Waals surface area contributed by atoms with E-state index in [2.05, 4.69) is 0 Å². The van der Waals surface area contributed by atoms with E-state index in [4.69, 9.17) is 5.73 Å². The summed E-state index contributed by atoms with van der Waals surface area (Å²) in [6.45, 7) is 0. The van der Waals surface area contributed by atoms with Crippen LogP contribution in [0.2, 0.25) is 0 Å². The minimum atomic E-state index is -3.55. The minimum Gasteiger partial charge on any atom is -0.507 e. The Bertz CT molecular complexity index is 1340. The lowest BCUT2D eigenvalue weighted by Crippen LogP contribution is -2.73. The number of nitrogens with zero attached hydrogens (tertiary/aromatic N) is 1. The van der Waals surface area contributed by atoms with E-state index in [9.17, 15) is 43.2 Å². The Morgan fingerprint density at radius 1 is 1.28 bits per heavy atom. The number of hydrogen-bond donors (Lipinski definition) is 5. The molecular formula is C23H27IN2O9S. The van der Waals surface area contributed by atoms with Gasteiger partial charge in [-0.15, -0.1) is 0 Å². The molecule has 3 aliphatic carbocycles. The van der Waals surface area contributed by atoms with Crippen molar-refractivity contribution in [1.29, 1.82) is 0 Å². The Balaban J connectivity index is 1.93. The van der Waals surface area contributed by atoms with Crippen molar-refractivity contribution >= 4 is 55.7 Å². The number of likely N-dealkylation sites (N-methyl/N-ethyl adjacent to an activating group) is 1. The number of aliphatic hydroxyl groups is 3. The molecule has 2 unspecified atom stereocenters. The lowest BCUT2D eigenvalue weighted by molar-refractivity contribution is -0.184. The maximum Gasteiger partial charge on any atom is 0.230 e. The highest BCUT2D eigenvalue weighted by Crippen LogP contribution is 2.53. The number of phenols is 1. The number of primary amides is 1. The van der Waals surface area contributed by atoms with Crippen LogP contribution in [-0.2, 0) is 36.4 Å². The summed E-state index contributed by atoms with van der Waals surface area (Å²) < 4.78 is 24.3. The van der Waals surface area contributed by atoms with Crippen LogP contribution >= 0.6 is 22.6 Å². The highest BCUT2D eigenvalue weighted by atomic mass is 127. The number of aliphatic hydroxyl groups excluding tert-OH is 2. The SMILES string of the molecule is CN(C)[C@@H]1C(O)C(C(N)=O)C(=O)[C@@]2(O)C(=O)C3=C(O)c4c(O)c(CS(C)(=O)=O)cc(I)c4C[C@H]3C[C@@H]12. The Hall–Kier alpha value is -2.07. The zero-order chi connectivity index (χ0) is 27.1. The number of benzene rings is 1. The van der Waals surface area contributed by atoms with Gasteiger partial charge < -0.3 is 31.1 Å². The third-order valence-electron chi connectivity index (χ3n) is 7.53. The van der Waals surface area contributed by atoms with Crippen molar-refractivity contribution in [3.05, 3.63) is 31.9 Å². The van der Waals surface area contributed by atoms with E-state index in [1.165, 1.54) is 11.0 Å². The van der Waals surface area contributed by atoms with Crippen LogP contribution in [0.5, 0.6) is 5.75 Å². The number of phenolic OH excluding ortho intramolecular Hbond substituents is 1. The predicted octanol–water partition coefficient (Wildman–Crippen LogP) is -0.722. The first-order chi connectivity index (χ1) is 16.5. The zero-order valence-electron chi connectivity index (χ0n) is 19.7. The first kappa shape index (κ1) is 27.0. The molecule has 0 radical (unpaired) electrons. The molecule has 0 aromatic heterocycles. The van der Waals surface area contributed by atoms with Gasteiger partial charge in [0.25, 0.3) is 0 Å². The lowest BCUT2D eigenvalue weighted by atomic mass is 9.54. The number of fused-ring (bicyclic) bond motifs is 3. The van der Waals surface area contributed by atoms with Crippen molar-refractivity contribution in [2.45, 2.75) is 36.3 Å². The van der Waals surface area contributed by atoms with Crippen LogP contribution in [0, 0.1) is 21.3 Å². The van der Waals surface area contributed by atoms with E-state index >= 15 is 0 Å². The summed E-state index contributed by atoms with van der Waals surface area (Å²) >= 11 is 1.96. The van der Waals surface area contributed by atoms with Gasteiger partial charge in [-0.2, -0.15) is 0 Å². The normalized spacial score (nSPS) is 32.2. The topological polar surface area (TPSA) is 196 Å². The van der Waals surface area contributed by atoms with Gasteiger partial charge in [0.15, 0.2) is 21.2 Å². The average molecular weight is 634 g/mol. The number of nitrogens with two attached hydrogens (primary N) is 1. The third-order valence-corrected chi connectivity index (χ3v) is 9.33. The van der Waals surface area contributed by atoms with Crippen molar-refractivity contribution in [1.82, 2.24) is 4.90 Å². The molecule has 2 saturated carbocycles. The molecule has 0 saturated heterocycles. The number of hydrogen-bond acceptors (Lipinski definition) is 10. The van der Waals surface area contributed by atoms with E-state index in [0.29, 0.717) is 9.13 Å². The van der Waals surface area contributed by atoms with Gasteiger partial charge in [-0.1, -0.05) is 0 Å². The molecule has 0 bridgehead atoms. The van der Waals surface area contributed by atoms with Gasteiger partial charge in [0.1, 0.15) is 17.4 Å². The third kappa shape index (κ3) is 3.86. The van der Waals surface area contributed by atoms with Crippen LogP contribution in [-0.4, -0.2) is 89.3 Å². The van der Waals surface area contributed by atoms with E-state index in [1.54, 1.807) is 14.1 Å².